The molecule has 1 atom stereocenters. The molecule has 0 saturated carbocycles. The largest absolute Gasteiger partial charge is 0.507 e. The van der Waals surface area contributed by atoms with Crippen molar-refractivity contribution in [1.82, 2.24) is 15.2 Å². The lowest BCUT2D eigenvalue weighted by molar-refractivity contribution is 0.00340. The number of aromatic hydroxyl groups is 1. The lowest BCUT2D eigenvalue weighted by Gasteiger charge is -2.39. The van der Waals surface area contributed by atoms with E-state index in [2.05, 4.69) is 34.3 Å². The fourth-order valence-electron chi connectivity index (χ4n) is 3.65. The fraction of sp³-hybridized carbons (Fsp3) is 0.381. The van der Waals surface area contributed by atoms with Gasteiger partial charge >= 0.3 is 0 Å². The first-order chi connectivity index (χ1) is 13.9. The zero-order chi connectivity index (χ0) is 20.6. The number of halogens is 2. The van der Waals surface area contributed by atoms with Gasteiger partial charge in [-0.2, -0.15) is 0 Å². The number of alkyl halides is 2. The molecule has 3 heterocycles. The van der Waals surface area contributed by atoms with Gasteiger partial charge in [-0.1, -0.05) is 19.9 Å². The Kier molecular flexibility index (Phi) is 5.04. The smallest absolute Gasteiger partial charge is 0.263 e. The van der Waals surface area contributed by atoms with Crippen LogP contribution in [0.5, 0.6) is 5.75 Å². The van der Waals surface area contributed by atoms with Crippen LogP contribution >= 0.6 is 0 Å². The lowest BCUT2D eigenvalue weighted by atomic mass is 9.82. The maximum Gasteiger partial charge on any atom is 0.263 e. The molecule has 0 spiro atoms. The molecule has 4 rings (SSSR count). The van der Waals surface area contributed by atoms with Crippen molar-refractivity contribution in [2.75, 3.05) is 18.5 Å². The normalized spacial score (nSPS) is 18.9. The highest BCUT2D eigenvalue weighted by molar-refractivity contribution is 6.00. The minimum atomic E-state index is -2.66. The van der Waals surface area contributed by atoms with Crippen molar-refractivity contribution in [3.8, 4) is 17.0 Å². The Labute approximate surface area is 166 Å². The zero-order valence-corrected chi connectivity index (χ0v) is 16.2. The third-order valence-electron chi connectivity index (χ3n) is 5.39. The first-order valence-electron chi connectivity index (χ1n) is 9.43. The van der Waals surface area contributed by atoms with Crippen LogP contribution in [0.1, 0.15) is 32.3 Å². The number of hydrogen-bond donors (Lipinski definition) is 2. The molecule has 152 valence electrons. The van der Waals surface area contributed by atoms with Crippen LogP contribution in [0.2, 0.25) is 0 Å². The molecule has 1 fully saturated rings. The number of nitrogens with zero attached hydrogens (tertiary/aromatic N) is 3. The monoisotopic (exact) mass is 400 g/mol. The first kappa shape index (κ1) is 19.4. The van der Waals surface area contributed by atoms with Gasteiger partial charge in [0.15, 0.2) is 5.82 Å². The van der Waals surface area contributed by atoms with Gasteiger partial charge in [-0.25, -0.2) is 8.78 Å². The van der Waals surface area contributed by atoms with Crippen molar-refractivity contribution in [1.29, 1.82) is 0 Å². The van der Waals surface area contributed by atoms with Gasteiger partial charge < -0.3 is 15.2 Å². The Bertz CT molecular complexity index is 1040. The quantitative estimate of drug-likeness (QED) is 0.668. The Morgan fingerprint density at radius 3 is 2.76 bits per heavy atom. The Hall–Kier alpha value is -2.87. The van der Waals surface area contributed by atoms with Crippen LogP contribution in [0.25, 0.3) is 22.0 Å². The molecule has 29 heavy (non-hydrogen) atoms. The lowest BCUT2D eigenvalue weighted by Crippen LogP contribution is -2.44. The number of ether oxygens (including phenoxy) is 1. The van der Waals surface area contributed by atoms with E-state index in [-0.39, 0.29) is 22.8 Å². The third kappa shape index (κ3) is 3.72. The molecule has 0 radical (unpaired) electrons. The van der Waals surface area contributed by atoms with Crippen LogP contribution in [0, 0.1) is 5.41 Å². The van der Waals surface area contributed by atoms with Crippen LogP contribution in [-0.4, -0.2) is 39.5 Å². The van der Waals surface area contributed by atoms with Crippen LogP contribution in [-0.2, 0) is 4.74 Å². The summed E-state index contributed by atoms with van der Waals surface area (Å²) < 4.78 is 31.4. The Balaban J connectivity index is 1.77. The number of rotatable bonds is 4. The van der Waals surface area contributed by atoms with Crippen molar-refractivity contribution in [3.05, 3.63) is 42.2 Å². The maximum absolute atomic E-state index is 12.9. The first-order valence-corrected chi connectivity index (χ1v) is 9.43. The van der Waals surface area contributed by atoms with Crippen LogP contribution in [0.3, 0.4) is 0 Å². The van der Waals surface area contributed by atoms with Gasteiger partial charge in [0.25, 0.3) is 6.43 Å². The molecular weight excluding hydrogens is 378 g/mol. The van der Waals surface area contributed by atoms with Gasteiger partial charge in [-0.3, -0.25) is 4.98 Å². The zero-order valence-electron chi connectivity index (χ0n) is 16.2. The molecule has 2 aromatic heterocycles. The van der Waals surface area contributed by atoms with E-state index in [1.807, 2.05) is 0 Å². The molecule has 1 aliphatic rings. The van der Waals surface area contributed by atoms with E-state index in [1.54, 1.807) is 18.5 Å². The summed E-state index contributed by atoms with van der Waals surface area (Å²) in [4.78, 5) is 4.20. The summed E-state index contributed by atoms with van der Waals surface area (Å²) in [6.45, 7) is 5.59. The average molecular weight is 400 g/mol. The molecule has 3 aromatic rings. The van der Waals surface area contributed by atoms with Gasteiger partial charge in [0.05, 0.1) is 6.61 Å². The molecule has 6 nitrogen and oxygen atoms in total. The molecule has 1 aliphatic heterocycles. The number of anilines is 1. The predicted octanol–water partition coefficient (Wildman–Crippen LogP) is 4.56. The summed E-state index contributed by atoms with van der Waals surface area (Å²) >= 11 is 0. The Morgan fingerprint density at radius 2 is 2.03 bits per heavy atom. The van der Waals surface area contributed by atoms with Gasteiger partial charge in [-0.05, 0) is 24.6 Å². The van der Waals surface area contributed by atoms with Gasteiger partial charge in [0.2, 0.25) is 0 Å². The maximum atomic E-state index is 12.9. The molecule has 1 saturated heterocycles. The topological polar surface area (TPSA) is 80.2 Å². The van der Waals surface area contributed by atoms with E-state index < -0.39 is 6.43 Å². The van der Waals surface area contributed by atoms with Crippen LogP contribution in [0.4, 0.5) is 14.6 Å². The number of fused-ring (bicyclic) bond motifs is 1. The van der Waals surface area contributed by atoms with Crippen molar-refractivity contribution >= 4 is 16.6 Å². The summed E-state index contributed by atoms with van der Waals surface area (Å²) in [5, 5.41) is 23.9. The highest BCUT2D eigenvalue weighted by atomic mass is 19.3. The number of hydrogen-bond acceptors (Lipinski definition) is 6. The summed E-state index contributed by atoms with van der Waals surface area (Å²) in [5.74, 6) is 0.335. The number of pyridine rings is 1. The molecule has 8 heteroatoms. The molecule has 0 bridgehead atoms. The second-order valence-corrected chi connectivity index (χ2v) is 7.92. The minimum absolute atomic E-state index is 0.0729. The van der Waals surface area contributed by atoms with Crippen LogP contribution < -0.4 is 5.32 Å². The van der Waals surface area contributed by atoms with Crippen LogP contribution in [0.15, 0.2) is 36.7 Å². The number of aromatic nitrogens is 3. The molecule has 1 aromatic carbocycles. The molecule has 0 amide bonds. The summed E-state index contributed by atoms with van der Waals surface area (Å²) in [7, 11) is 0. The van der Waals surface area contributed by atoms with Gasteiger partial charge in [0.1, 0.15) is 11.4 Å². The standard InChI is InChI=1S/C21H22F2N4O2/c1-21(2)11-29-8-6-17(21)25-20-15-10-24-7-5-13(15)18(26-27-20)14-4-3-12(19(22)23)9-16(14)28/h3-5,7,9-10,17,19,28H,6,8,11H2,1-2H3,(H,25,27)/t17-/m1/s1. The van der Waals surface area contributed by atoms with Gasteiger partial charge in [-0.15, -0.1) is 10.2 Å². The second kappa shape index (κ2) is 7.51. The molecule has 0 aliphatic carbocycles. The SMILES string of the molecule is CC1(C)COCC[C@H]1Nc1nnc(-c2ccc(C(F)F)cc2O)c2ccncc12. The summed E-state index contributed by atoms with van der Waals surface area (Å²) in [6, 6.07) is 5.71. The molecule has 0 unspecified atom stereocenters. The van der Waals surface area contributed by atoms with E-state index in [4.69, 9.17) is 4.74 Å². The van der Waals surface area contributed by atoms with Crippen molar-refractivity contribution < 1.29 is 18.6 Å². The minimum Gasteiger partial charge on any atom is -0.507 e. The fourth-order valence-corrected chi connectivity index (χ4v) is 3.65. The number of phenolic OH excluding ortho intramolecular Hbond substituents is 1. The average Bonchev–Trinajstić information content (AvgIpc) is 2.70. The van der Waals surface area contributed by atoms with Crippen molar-refractivity contribution in [3.63, 3.8) is 0 Å². The predicted molar refractivity (Wildman–Crippen MR) is 106 cm³/mol. The van der Waals surface area contributed by atoms with E-state index >= 15 is 0 Å². The molecule has 2 N–H and O–H groups in total. The number of benzene rings is 1. The summed E-state index contributed by atoms with van der Waals surface area (Å²) in [6.07, 6.45) is 1.50. The third-order valence-corrected chi connectivity index (χ3v) is 5.39. The summed E-state index contributed by atoms with van der Waals surface area (Å²) in [5.41, 5.74) is 0.440. The molecular formula is C21H22F2N4O2. The van der Waals surface area contributed by atoms with E-state index in [0.717, 1.165) is 23.3 Å². The Morgan fingerprint density at radius 1 is 1.21 bits per heavy atom. The highest BCUT2D eigenvalue weighted by Gasteiger charge is 2.33. The number of nitrogens with one attached hydrogen (secondary N) is 1. The highest BCUT2D eigenvalue weighted by Crippen LogP contribution is 2.37. The number of phenols is 1. The van der Waals surface area contributed by atoms with E-state index in [9.17, 15) is 13.9 Å². The van der Waals surface area contributed by atoms with Gasteiger partial charge in [0, 0.05) is 52.4 Å². The van der Waals surface area contributed by atoms with Crippen molar-refractivity contribution in [2.45, 2.75) is 32.7 Å². The van der Waals surface area contributed by atoms with E-state index in [0.29, 0.717) is 30.3 Å². The van der Waals surface area contributed by atoms with E-state index in [1.165, 1.54) is 12.1 Å². The second-order valence-electron chi connectivity index (χ2n) is 7.92. The van der Waals surface area contributed by atoms with Crippen molar-refractivity contribution in [2.24, 2.45) is 5.41 Å².